The number of carbonyl (C=O) groups is 1. The molecular formula is C21H16O4. The van der Waals surface area contributed by atoms with E-state index in [1.807, 2.05) is 36.4 Å². The predicted octanol–water partition coefficient (Wildman–Crippen LogP) is 4.47. The fraction of sp³-hybridized carbons (Fsp3) is 0.0952. The molecule has 1 heterocycles. The van der Waals surface area contributed by atoms with E-state index in [0.29, 0.717) is 22.8 Å². The Kier molecular flexibility index (Phi) is 3.65. The molecule has 0 saturated carbocycles. The Balaban J connectivity index is 1.76. The molecule has 25 heavy (non-hydrogen) atoms. The van der Waals surface area contributed by atoms with Crippen molar-refractivity contribution in [2.75, 3.05) is 14.2 Å². The molecule has 0 unspecified atom stereocenters. The number of methoxy groups -OCH3 is 2. The molecule has 4 rings (SSSR count). The number of ketones is 1. The molecule has 124 valence electrons. The Bertz CT molecular complexity index is 1020. The SMILES string of the molecule is COc1ccc2c(c1OC)OC(=Cc1ccc3ccccc3c1)C2=O. The summed E-state index contributed by atoms with van der Waals surface area (Å²) in [7, 11) is 3.07. The van der Waals surface area contributed by atoms with Crippen LogP contribution in [0.2, 0.25) is 0 Å². The number of hydrogen-bond acceptors (Lipinski definition) is 4. The highest BCUT2D eigenvalue weighted by molar-refractivity contribution is 6.15. The molecule has 0 fully saturated rings. The smallest absolute Gasteiger partial charge is 0.232 e. The monoisotopic (exact) mass is 332 g/mol. The molecule has 3 aromatic rings. The van der Waals surface area contributed by atoms with Gasteiger partial charge in [-0.15, -0.1) is 0 Å². The van der Waals surface area contributed by atoms with E-state index in [4.69, 9.17) is 14.2 Å². The molecule has 0 amide bonds. The highest BCUT2D eigenvalue weighted by Gasteiger charge is 2.32. The molecule has 1 aliphatic heterocycles. The van der Waals surface area contributed by atoms with Crippen molar-refractivity contribution in [3.8, 4) is 17.2 Å². The van der Waals surface area contributed by atoms with Gasteiger partial charge in [-0.3, -0.25) is 4.79 Å². The molecule has 0 aromatic heterocycles. The molecule has 4 heteroatoms. The summed E-state index contributed by atoms with van der Waals surface area (Å²) in [5, 5.41) is 2.26. The largest absolute Gasteiger partial charge is 0.493 e. The summed E-state index contributed by atoms with van der Waals surface area (Å²) in [5.74, 6) is 1.47. The lowest BCUT2D eigenvalue weighted by molar-refractivity contribution is 0.101. The van der Waals surface area contributed by atoms with Gasteiger partial charge in [0.2, 0.25) is 11.5 Å². The van der Waals surface area contributed by atoms with Gasteiger partial charge in [-0.1, -0.05) is 36.4 Å². The van der Waals surface area contributed by atoms with Crippen molar-refractivity contribution in [2.24, 2.45) is 0 Å². The van der Waals surface area contributed by atoms with Crippen LogP contribution >= 0.6 is 0 Å². The van der Waals surface area contributed by atoms with Crippen LogP contribution in [0.4, 0.5) is 0 Å². The van der Waals surface area contributed by atoms with E-state index in [-0.39, 0.29) is 11.5 Å². The van der Waals surface area contributed by atoms with Gasteiger partial charge in [-0.05, 0) is 40.6 Å². The van der Waals surface area contributed by atoms with Gasteiger partial charge in [0.15, 0.2) is 17.3 Å². The van der Waals surface area contributed by atoms with E-state index >= 15 is 0 Å². The van der Waals surface area contributed by atoms with Crippen LogP contribution in [0.5, 0.6) is 17.2 Å². The van der Waals surface area contributed by atoms with Crippen molar-refractivity contribution >= 4 is 22.6 Å². The Morgan fingerprint density at radius 2 is 1.72 bits per heavy atom. The van der Waals surface area contributed by atoms with Crippen LogP contribution in [0.3, 0.4) is 0 Å². The van der Waals surface area contributed by atoms with Crippen LogP contribution in [0.25, 0.3) is 16.8 Å². The van der Waals surface area contributed by atoms with Gasteiger partial charge in [0.1, 0.15) is 0 Å². The normalized spacial score (nSPS) is 14.5. The molecule has 0 atom stereocenters. The van der Waals surface area contributed by atoms with Crippen LogP contribution in [0, 0.1) is 0 Å². The molecule has 0 radical (unpaired) electrons. The maximum absolute atomic E-state index is 12.6. The fourth-order valence-corrected chi connectivity index (χ4v) is 3.01. The molecule has 4 nitrogen and oxygen atoms in total. The summed E-state index contributed by atoms with van der Waals surface area (Å²) in [6, 6.07) is 17.5. The topological polar surface area (TPSA) is 44.8 Å². The zero-order chi connectivity index (χ0) is 17.4. The lowest BCUT2D eigenvalue weighted by atomic mass is 10.1. The number of fused-ring (bicyclic) bond motifs is 2. The van der Waals surface area contributed by atoms with Gasteiger partial charge < -0.3 is 14.2 Å². The number of benzene rings is 3. The molecule has 1 aliphatic rings. The third-order valence-corrected chi connectivity index (χ3v) is 4.25. The maximum Gasteiger partial charge on any atom is 0.232 e. The summed E-state index contributed by atoms with van der Waals surface area (Å²) in [5.41, 5.74) is 1.38. The van der Waals surface area contributed by atoms with E-state index in [1.54, 1.807) is 25.3 Å². The first kappa shape index (κ1) is 15.3. The summed E-state index contributed by atoms with van der Waals surface area (Å²) >= 11 is 0. The molecule has 0 spiro atoms. The van der Waals surface area contributed by atoms with Gasteiger partial charge in [0, 0.05) is 0 Å². The lowest BCUT2D eigenvalue weighted by Gasteiger charge is -2.10. The van der Waals surface area contributed by atoms with Crippen molar-refractivity contribution in [3.63, 3.8) is 0 Å². The Hall–Kier alpha value is -3.27. The van der Waals surface area contributed by atoms with E-state index in [0.717, 1.165) is 16.3 Å². The number of ether oxygens (including phenoxy) is 3. The second-order valence-corrected chi connectivity index (χ2v) is 5.72. The number of hydrogen-bond donors (Lipinski definition) is 0. The second-order valence-electron chi connectivity index (χ2n) is 5.72. The van der Waals surface area contributed by atoms with Crippen LogP contribution in [0.1, 0.15) is 15.9 Å². The Morgan fingerprint density at radius 3 is 2.48 bits per heavy atom. The Morgan fingerprint density at radius 1 is 0.920 bits per heavy atom. The third kappa shape index (κ3) is 2.52. The minimum atomic E-state index is -0.163. The summed E-state index contributed by atoms with van der Waals surface area (Å²) in [4.78, 5) is 12.6. The standard InChI is InChI=1S/C21H16O4/c1-23-17-10-9-16-19(22)18(25-20(16)21(17)24-2)12-13-7-8-14-5-3-4-6-15(14)11-13/h3-12H,1-2H3. The number of Topliss-reactive ketones (excluding diaryl/α,β-unsaturated/α-hetero) is 1. The Labute approximate surface area is 145 Å². The van der Waals surface area contributed by atoms with Gasteiger partial charge in [-0.25, -0.2) is 0 Å². The second kappa shape index (κ2) is 5.98. The van der Waals surface area contributed by atoms with Gasteiger partial charge in [0.25, 0.3) is 0 Å². The van der Waals surface area contributed by atoms with E-state index in [2.05, 4.69) is 6.07 Å². The number of allylic oxidation sites excluding steroid dienone is 1. The first-order valence-electron chi connectivity index (χ1n) is 7.89. The number of rotatable bonds is 3. The first-order valence-corrected chi connectivity index (χ1v) is 7.89. The van der Waals surface area contributed by atoms with Gasteiger partial charge in [-0.2, -0.15) is 0 Å². The molecule has 0 aliphatic carbocycles. The van der Waals surface area contributed by atoms with Crippen LogP contribution in [-0.2, 0) is 0 Å². The molecule has 0 N–H and O–H groups in total. The molecule has 3 aromatic carbocycles. The maximum atomic E-state index is 12.6. The van der Waals surface area contributed by atoms with Crippen molar-refractivity contribution in [3.05, 3.63) is 71.5 Å². The van der Waals surface area contributed by atoms with Crippen molar-refractivity contribution in [2.45, 2.75) is 0 Å². The molecule has 0 bridgehead atoms. The highest BCUT2D eigenvalue weighted by atomic mass is 16.5. The predicted molar refractivity (Wildman–Crippen MR) is 96.4 cm³/mol. The third-order valence-electron chi connectivity index (χ3n) is 4.25. The minimum absolute atomic E-state index is 0.163. The summed E-state index contributed by atoms with van der Waals surface area (Å²) in [6.07, 6.45) is 1.75. The van der Waals surface area contributed by atoms with Crippen molar-refractivity contribution in [1.29, 1.82) is 0 Å². The quantitative estimate of drug-likeness (QED) is 0.664. The minimum Gasteiger partial charge on any atom is -0.493 e. The average Bonchev–Trinajstić information content (AvgIpc) is 2.96. The zero-order valence-electron chi connectivity index (χ0n) is 13.9. The highest BCUT2D eigenvalue weighted by Crippen LogP contribution is 2.45. The number of carbonyl (C=O) groups excluding carboxylic acids is 1. The summed E-state index contributed by atoms with van der Waals surface area (Å²) in [6.45, 7) is 0. The lowest BCUT2D eigenvalue weighted by Crippen LogP contribution is -1.97. The van der Waals surface area contributed by atoms with E-state index in [9.17, 15) is 4.79 Å². The molecule has 0 saturated heterocycles. The fourth-order valence-electron chi connectivity index (χ4n) is 3.01. The van der Waals surface area contributed by atoms with Crippen molar-refractivity contribution in [1.82, 2.24) is 0 Å². The van der Waals surface area contributed by atoms with Gasteiger partial charge in [0.05, 0.1) is 19.8 Å². The summed E-state index contributed by atoms with van der Waals surface area (Å²) < 4.78 is 16.4. The van der Waals surface area contributed by atoms with E-state index < -0.39 is 0 Å². The zero-order valence-corrected chi connectivity index (χ0v) is 13.9. The van der Waals surface area contributed by atoms with E-state index in [1.165, 1.54) is 7.11 Å². The average molecular weight is 332 g/mol. The van der Waals surface area contributed by atoms with Crippen molar-refractivity contribution < 1.29 is 19.0 Å². The first-order chi connectivity index (χ1) is 12.2. The van der Waals surface area contributed by atoms with Crippen LogP contribution < -0.4 is 14.2 Å². The molecular weight excluding hydrogens is 316 g/mol. The van der Waals surface area contributed by atoms with Crippen LogP contribution in [0.15, 0.2) is 60.4 Å². The van der Waals surface area contributed by atoms with Gasteiger partial charge >= 0.3 is 0 Å². The van der Waals surface area contributed by atoms with Crippen LogP contribution in [-0.4, -0.2) is 20.0 Å².